The van der Waals surface area contributed by atoms with Gasteiger partial charge in [0.15, 0.2) is 0 Å². The lowest BCUT2D eigenvalue weighted by Gasteiger charge is -2.30. The Labute approximate surface area is 199 Å². The monoisotopic (exact) mass is 447 g/mol. The van der Waals surface area contributed by atoms with Gasteiger partial charge in [-0.15, -0.1) is 0 Å². The van der Waals surface area contributed by atoms with E-state index in [9.17, 15) is 4.79 Å². The molecule has 2 aromatic rings. The van der Waals surface area contributed by atoms with Crippen LogP contribution in [0.5, 0.6) is 0 Å². The van der Waals surface area contributed by atoms with Gasteiger partial charge >= 0.3 is 0 Å². The highest BCUT2D eigenvalue weighted by molar-refractivity contribution is 5.94. The maximum Gasteiger partial charge on any atom is 0.255 e. The molecule has 0 spiro atoms. The third kappa shape index (κ3) is 7.01. The summed E-state index contributed by atoms with van der Waals surface area (Å²) >= 11 is 0. The maximum atomic E-state index is 13.8. The first-order valence-corrected chi connectivity index (χ1v) is 12.8. The van der Waals surface area contributed by atoms with E-state index in [-0.39, 0.29) is 11.9 Å². The number of nitrogens with one attached hydrogen (secondary N) is 1. The zero-order valence-electron chi connectivity index (χ0n) is 21.0. The fourth-order valence-corrected chi connectivity index (χ4v) is 4.53. The van der Waals surface area contributed by atoms with Crippen LogP contribution < -0.4 is 15.8 Å². The van der Waals surface area contributed by atoms with Gasteiger partial charge in [-0.1, -0.05) is 51.3 Å². The van der Waals surface area contributed by atoms with Crippen LogP contribution in [0.1, 0.15) is 92.9 Å². The Morgan fingerprint density at radius 3 is 2.67 bits per heavy atom. The highest BCUT2D eigenvalue weighted by atomic mass is 16.2. The van der Waals surface area contributed by atoms with E-state index in [1.54, 1.807) is 0 Å². The topological polar surface area (TPSA) is 45.2 Å². The summed E-state index contributed by atoms with van der Waals surface area (Å²) in [6, 6.07) is 8.65. The van der Waals surface area contributed by atoms with E-state index < -0.39 is 0 Å². The standard InChI is InChI=1S/C29H41N3O/c1-5-7-8-11-23(4)32(21-30-16-6-2)29(33)27-18-25-12-9-10-13-28(25)26(19-27)17-24-15-14-22(3)31-20-24/h12-15,18-20,23,30H,5-11,16-17,21H2,1-4H3/t23-/m0/s1. The van der Waals surface area contributed by atoms with Crippen molar-refractivity contribution in [2.75, 3.05) is 13.2 Å². The Balaban J connectivity index is 1.93. The molecule has 1 amide bonds. The van der Waals surface area contributed by atoms with Crippen molar-refractivity contribution in [1.82, 2.24) is 15.2 Å². The van der Waals surface area contributed by atoms with Crippen LogP contribution in [0.3, 0.4) is 0 Å². The maximum absolute atomic E-state index is 13.8. The number of aromatic nitrogens is 1. The molecule has 3 rings (SSSR count). The number of nitrogens with zero attached hydrogens (tertiary/aromatic N) is 2. The number of amides is 1. The fraction of sp³-hybridized carbons (Fsp3) is 0.517. The Hall–Kier alpha value is -2.46. The average molecular weight is 448 g/mol. The molecule has 1 aromatic carbocycles. The van der Waals surface area contributed by atoms with Crippen molar-refractivity contribution >= 4 is 18.1 Å². The highest BCUT2D eigenvalue weighted by Crippen LogP contribution is 2.15. The number of pyridine rings is 1. The van der Waals surface area contributed by atoms with Crippen molar-refractivity contribution in [3.63, 3.8) is 0 Å². The van der Waals surface area contributed by atoms with Crippen molar-refractivity contribution in [3.05, 3.63) is 63.3 Å². The van der Waals surface area contributed by atoms with Gasteiger partial charge in [-0.2, -0.15) is 0 Å². The van der Waals surface area contributed by atoms with E-state index in [1.165, 1.54) is 34.4 Å². The van der Waals surface area contributed by atoms with Crippen molar-refractivity contribution < 1.29 is 4.79 Å². The Morgan fingerprint density at radius 1 is 1.12 bits per heavy atom. The van der Waals surface area contributed by atoms with Gasteiger partial charge < -0.3 is 4.90 Å². The molecule has 1 heterocycles. The van der Waals surface area contributed by atoms with Crippen LogP contribution in [0.15, 0.2) is 30.5 Å². The number of rotatable bonds is 12. The molecule has 4 nitrogen and oxygen atoms in total. The molecule has 0 radical (unpaired) electrons. The molecule has 33 heavy (non-hydrogen) atoms. The molecular weight excluding hydrogens is 406 g/mol. The smallest absolute Gasteiger partial charge is 0.255 e. The quantitative estimate of drug-likeness (QED) is 0.379. The zero-order valence-corrected chi connectivity index (χ0v) is 21.0. The number of hydrogen-bond acceptors (Lipinski definition) is 3. The lowest BCUT2D eigenvalue weighted by molar-refractivity contribution is 0.0663. The summed E-state index contributed by atoms with van der Waals surface area (Å²) in [5.74, 6) is 0.132. The normalized spacial score (nSPS) is 13.6. The first-order chi connectivity index (χ1) is 16.0. The van der Waals surface area contributed by atoms with E-state index in [0.29, 0.717) is 6.67 Å². The average Bonchev–Trinajstić information content (AvgIpc) is 2.83. The summed E-state index contributed by atoms with van der Waals surface area (Å²) < 4.78 is 0. The van der Waals surface area contributed by atoms with Gasteiger partial charge in [-0.3, -0.25) is 15.1 Å². The number of hydrogen-bond donors (Lipinski definition) is 1. The molecule has 0 aliphatic heterocycles. The molecular formula is C29H41N3O. The SMILES string of the molecule is CCCCC[C@H](C)N(CNCCC)C(=O)c1cc(Cc2ccc(C)nc2)c2c(c1)=CCCC=2. The van der Waals surface area contributed by atoms with Crippen molar-refractivity contribution in [1.29, 1.82) is 0 Å². The number of unbranched alkanes of at least 4 members (excludes halogenated alkanes) is 2. The van der Waals surface area contributed by atoms with E-state index in [1.807, 2.05) is 18.0 Å². The van der Waals surface area contributed by atoms with Crippen molar-refractivity contribution in [2.45, 2.75) is 85.1 Å². The van der Waals surface area contributed by atoms with E-state index in [0.717, 1.165) is 56.3 Å². The molecule has 0 fully saturated rings. The largest absolute Gasteiger partial charge is 0.323 e. The van der Waals surface area contributed by atoms with Gasteiger partial charge in [0, 0.05) is 23.5 Å². The molecule has 1 N–H and O–H groups in total. The molecule has 0 saturated carbocycles. The van der Waals surface area contributed by atoms with Crippen LogP contribution in [0.2, 0.25) is 0 Å². The van der Waals surface area contributed by atoms with Gasteiger partial charge in [-0.05, 0) is 92.3 Å². The Morgan fingerprint density at radius 2 is 1.94 bits per heavy atom. The first kappa shape index (κ1) is 25.2. The van der Waals surface area contributed by atoms with Crippen LogP contribution in [0.25, 0.3) is 12.2 Å². The molecule has 0 unspecified atom stereocenters. The summed E-state index contributed by atoms with van der Waals surface area (Å²) in [5.41, 5.74) is 4.23. The minimum Gasteiger partial charge on any atom is -0.323 e. The number of fused-ring (bicyclic) bond motifs is 1. The molecule has 0 saturated heterocycles. The van der Waals surface area contributed by atoms with Gasteiger partial charge in [0.2, 0.25) is 0 Å². The van der Waals surface area contributed by atoms with E-state index in [2.05, 4.69) is 67.5 Å². The summed E-state index contributed by atoms with van der Waals surface area (Å²) in [4.78, 5) is 20.3. The molecule has 1 aromatic heterocycles. The Kier molecular flexibility index (Phi) is 9.68. The second-order valence-electron chi connectivity index (χ2n) is 9.39. The van der Waals surface area contributed by atoms with E-state index in [4.69, 9.17) is 0 Å². The number of carbonyl (C=O) groups excluding carboxylic acids is 1. The second kappa shape index (κ2) is 12.7. The van der Waals surface area contributed by atoms with Gasteiger partial charge in [0.25, 0.3) is 5.91 Å². The van der Waals surface area contributed by atoms with Crippen molar-refractivity contribution in [2.24, 2.45) is 0 Å². The van der Waals surface area contributed by atoms with E-state index >= 15 is 0 Å². The predicted octanol–water partition coefficient (Wildman–Crippen LogP) is 4.70. The van der Waals surface area contributed by atoms with Crippen LogP contribution in [0, 0.1) is 6.92 Å². The van der Waals surface area contributed by atoms with Crippen LogP contribution in [-0.2, 0) is 6.42 Å². The lowest BCUT2D eigenvalue weighted by atomic mass is 9.95. The molecule has 1 atom stereocenters. The minimum absolute atomic E-state index is 0.132. The summed E-state index contributed by atoms with van der Waals surface area (Å²) in [5, 5.41) is 5.94. The van der Waals surface area contributed by atoms with Gasteiger partial charge in [0.05, 0.1) is 6.67 Å². The fourth-order valence-electron chi connectivity index (χ4n) is 4.53. The third-order valence-corrected chi connectivity index (χ3v) is 6.52. The molecule has 178 valence electrons. The van der Waals surface area contributed by atoms with Crippen LogP contribution >= 0.6 is 0 Å². The number of aryl methyl sites for hydroxylation is 1. The molecule has 4 heteroatoms. The molecule has 1 aliphatic rings. The summed E-state index contributed by atoms with van der Waals surface area (Å²) in [6.45, 7) is 10.1. The Bertz CT molecular complexity index is 1030. The molecule has 0 bridgehead atoms. The van der Waals surface area contributed by atoms with Crippen molar-refractivity contribution in [3.8, 4) is 0 Å². The van der Waals surface area contributed by atoms with Crippen LogP contribution in [-0.4, -0.2) is 35.0 Å². The highest BCUT2D eigenvalue weighted by Gasteiger charge is 2.22. The lowest BCUT2D eigenvalue weighted by Crippen LogP contribution is -2.45. The van der Waals surface area contributed by atoms with Crippen LogP contribution in [0.4, 0.5) is 0 Å². The third-order valence-electron chi connectivity index (χ3n) is 6.52. The molecule has 1 aliphatic carbocycles. The first-order valence-electron chi connectivity index (χ1n) is 12.8. The van der Waals surface area contributed by atoms with Gasteiger partial charge in [0.1, 0.15) is 0 Å². The number of carbonyl (C=O) groups is 1. The van der Waals surface area contributed by atoms with Gasteiger partial charge in [-0.25, -0.2) is 0 Å². The second-order valence-corrected chi connectivity index (χ2v) is 9.39. The minimum atomic E-state index is 0.132. The predicted molar refractivity (Wildman–Crippen MR) is 139 cm³/mol. The zero-order chi connectivity index (χ0) is 23.6. The number of benzene rings is 1. The summed E-state index contributed by atoms with van der Waals surface area (Å²) in [7, 11) is 0. The summed E-state index contributed by atoms with van der Waals surface area (Å²) in [6.07, 6.45) is 15.1.